The highest BCUT2D eigenvalue weighted by molar-refractivity contribution is 7.47. The van der Waals surface area contributed by atoms with Crippen molar-refractivity contribution in [2.75, 3.05) is 13.2 Å². The fraction of sp³-hybridized carbons (Fsp3) is 1.00. The molecule has 2 saturated carbocycles. The Morgan fingerprint density at radius 2 is 0.735 bits per heavy atom. The molecular weight excluding hydrogens is 703 g/mol. The standard InChI is InChI=1S/C24H43O24P/c25-1-3-5(27)7(29)18(40)23(43-3)46-22-13(35)6(28)4(2-26)44-24(22)45-20-16(38)11(33)12(34)17(39)21(20)48-49(41,42)47-19-14(36)9(31)8(30)10(32)15(19)37/h3-40H,1-2H2,(H,41,42)/t3-,4-,5-,6-,7+,8?,9-,10+,11-,12-,13+,14-,15-,16+,17+,18+,19?,20+,21-,22+,23+,24+/m1/s1. The molecule has 288 valence electrons. The summed E-state index contributed by atoms with van der Waals surface area (Å²) < 4.78 is 44.4. The summed E-state index contributed by atoms with van der Waals surface area (Å²) in [7, 11) is -5.79. The molecule has 2 saturated heterocycles. The van der Waals surface area contributed by atoms with Crippen LogP contribution in [0.2, 0.25) is 0 Å². The lowest BCUT2D eigenvalue weighted by molar-refractivity contribution is -0.381. The van der Waals surface area contributed by atoms with Crippen molar-refractivity contribution in [2.45, 2.75) is 135 Å². The van der Waals surface area contributed by atoms with Crippen LogP contribution in [0.1, 0.15) is 0 Å². The van der Waals surface area contributed by atoms with Gasteiger partial charge in [-0.15, -0.1) is 0 Å². The molecule has 3 unspecified atom stereocenters. The molecule has 17 N–H and O–H groups in total. The maximum absolute atomic E-state index is 13.1. The van der Waals surface area contributed by atoms with Crippen LogP contribution < -0.4 is 0 Å². The molecule has 0 aromatic rings. The van der Waals surface area contributed by atoms with Crippen molar-refractivity contribution in [1.82, 2.24) is 0 Å². The normalized spacial score (nSPS) is 54.0. The third-order valence-corrected chi connectivity index (χ3v) is 9.90. The van der Waals surface area contributed by atoms with E-state index in [-0.39, 0.29) is 0 Å². The van der Waals surface area contributed by atoms with Crippen molar-refractivity contribution >= 4 is 7.82 Å². The molecule has 23 atom stereocenters. The summed E-state index contributed by atoms with van der Waals surface area (Å²) in [5.74, 6) is 0. The monoisotopic (exact) mass is 746 g/mol. The second kappa shape index (κ2) is 16.1. The largest absolute Gasteiger partial charge is 0.473 e. The summed E-state index contributed by atoms with van der Waals surface area (Å²) >= 11 is 0. The zero-order valence-electron chi connectivity index (χ0n) is 25.0. The van der Waals surface area contributed by atoms with Crippen LogP contribution in [-0.4, -0.2) is 234 Å². The zero-order chi connectivity index (χ0) is 36.9. The number of aliphatic hydroxyl groups is 16. The van der Waals surface area contributed by atoms with Crippen LogP contribution in [0.5, 0.6) is 0 Å². The van der Waals surface area contributed by atoms with Crippen molar-refractivity contribution in [2.24, 2.45) is 0 Å². The van der Waals surface area contributed by atoms with Gasteiger partial charge in [-0.1, -0.05) is 0 Å². The van der Waals surface area contributed by atoms with Crippen LogP contribution in [-0.2, 0) is 32.6 Å². The molecule has 49 heavy (non-hydrogen) atoms. The maximum atomic E-state index is 13.1. The second-order valence-electron chi connectivity index (χ2n) is 12.1. The fourth-order valence-electron chi connectivity index (χ4n) is 5.92. The van der Waals surface area contributed by atoms with Gasteiger partial charge in [-0.3, -0.25) is 9.05 Å². The van der Waals surface area contributed by atoms with Crippen LogP contribution in [0.3, 0.4) is 0 Å². The molecule has 0 spiro atoms. The van der Waals surface area contributed by atoms with Crippen molar-refractivity contribution < 1.29 is 119 Å². The summed E-state index contributed by atoms with van der Waals surface area (Å²) in [6.07, 6.45) is -47.4. The Hall–Kier alpha value is -0.690. The lowest BCUT2D eigenvalue weighted by Crippen LogP contribution is -2.68. The van der Waals surface area contributed by atoms with Gasteiger partial charge in [0.15, 0.2) is 12.6 Å². The smallest absolute Gasteiger partial charge is 0.394 e. The molecule has 2 heterocycles. The van der Waals surface area contributed by atoms with Gasteiger partial charge >= 0.3 is 7.82 Å². The van der Waals surface area contributed by atoms with Crippen LogP contribution in [0.25, 0.3) is 0 Å². The minimum Gasteiger partial charge on any atom is -0.394 e. The molecular formula is C24H43O24P. The number of ether oxygens (including phenoxy) is 4. The van der Waals surface area contributed by atoms with Crippen LogP contribution in [0.4, 0.5) is 0 Å². The summed E-state index contributed by atoms with van der Waals surface area (Å²) in [4.78, 5) is 10.5. The molecule has 4 aliphatic rings. The van der Waals surface area contributed by atoms with E-state index in [1.165, 1.54) is 0 Å². The van der Waals surface area contributed by atoms with E-state index in [0.717, 1.165) is 0 Å². The third kappa shape index (κ3) is 8.13. The first kappa shape index (κ1) is 41.1. The Morgan fingerprint density at radius 1 is 0.408 bits per heavy atom. The van der Waals surface area contributed by atoms with Crippen LogP contribution >= 0.6 is 7.82 Å². The molecule has 25 heteroatoms. The molecule has 4 fully saturated rings. The average Bonchev–Trinajstić information content (AvgIpc) is 3.07. The van der Waals surface area contributed by atoms with Gasteiger partial charge in [-0.25, -0.2) is 4.57 Å². The Kier molecular flexibility index (Phi) is 13.5. The first-order valence-electron chi connectivity index (χ1n) is 14.8. The Morgan fingerprint density at radius 3 is 1.22 bits per heavy atom. The van der Waals surface area contributed by atoms with Gasteiger partial charge in [0.1, 0.15) is 122 Å². The summed E-state index contributed by atoms with van der Waals surface area (Å²) in [5, 5.41) is 163. The molecule has 24 nitrogen and oxygen atoms in total. The van der Waals surface area contributed by atoms with Gasteiger partial charge in [0.05, 0.1) is 13.2 Å². The van der Waals surface area contributed by atoms with Gasteiger partial charge in [-0.2, -0.15) is 0 Å². The van der Waals surface area contributed by atoms with Gasteiger partial charge in [0, 0.05) is 0 Å². The first-order valence-corrected chi connectivity index (χ1v) is 16.3. The van der Waals surface area contributed by atoms with E-state index >= 15 is 0 Å². The molecule has 0 bridgehead atoms. The number of phosphoric ester groups is 1. The number of hydrogen-bond donors (Lipinski definition) is 17. The molecule has 4 rings (SSSR count). The molecule has 0 aromatic heterocycles. The molecule has 0 radical (unpaired) electrons. The predicted molar refractivity (Wildman–Crippen MR) is 145 cm³/mol. The van der Waals surface area contributed by atoms with Crippen LogP contribution in [0, 0.1) is 0 Å². The van der Waals surface area contributed by atoms with Crippen molar-refractivity contribution in [3.05, 3.63) is 0 Å². The summed E-state index contributed by atoms with van der Waals surface area (Å²) in [5.41, 5.74) is 0. The number of hydrogen-bond acceptors (Lipinski definition) is 23. The van der Waals surface area contributed by atoms with E-state index in [1.54, 1.807) is 0 Å². The van der Waals surface area contributed by atoms with E-state index in [9.17, 15) is 91.2 Å². The van der Waals surface area contributed by atoms with Gasteiger partial charge in [0.25, 0.3) is 0 Å². The van der Waals surface area contributed by atoms with Gasteiger partial charge in [-0.05, 0) is 0 Å². The molecule has 2 aliphatic carbocycles. The zero-order valence-corrected chi connectivity index (χ0v) is 25.9. The Balaban J connectivity index is 1.62. The van der Waals surface area contributed by atoms with Gasteiger partial charge < -0.3 is 106 Å². The minimum absolute atomic E-state index is 0.911. The minimum atomic E-state index is -5.79. The lowest BCUT2D eigenvalue weighted by Gasteiger charge is -2.49. The summed E-state index contributed by atoms with van der Waals surface area (Å²) in [6.45, 7) is -1.92. The fourth-order valence-corrected chi connectivity index (χ4v) is 7.07. The lowest BCUT2D eigenvalue weighted by atomic mass is 9.84. The van der Waals surface area contributed by atoms with Crippen molar-refractivity contribution in [3.8, 4) is 0 Å². The van der Waals surface area contributed by atoms with E-state index < -0.39 is 156 Å². The van der Waals surface area contributed by atoms with Crippen molar-refractivity contribution in [1.29, 1.82) is 0 Å². The average molecular weight is 747 g/mol. The van der Waals surface area contributed by atoms with E-state index in [0.29, 0.717) is 0 Å². The van der Waals surface area contributed by atoms with Gasteiger partial charge in [0.2, 0.25) is 0 Å². The first-order chi connectivity index (χ1) is 22.8. The topological polar surface area (TPSA) is 416 Å². The van der Waals surface area contributed by atoms with E-state index in [1.807, 2.05) is 0 Å². The second-order valence-corrected chi connectivity index (χ2v) is 13.5. The molecule has 2 aliphatic heterocycles. The highest BCUT2D eigenvalue weighted by atomic mass is 31.2. The number of aliphatic hydroxyl groups excluding tert-OH is 16. The number of phosphoric acid groups is 1. The Labute approximate surface area is 275 Å². The quantitative estimate of drug-likeness (QED) is 0.0923. The molecule has 0 amide bonds. The third-order valence-electron chi connectivity index (χ3n) is 8.88. The Bertz CT molecular complexity index is 1100. The molecule has 0 aromatic carbocycles. The highest BCUT2D eigenvalue weighted by Crippen LogP contribution is 2.50. The summed E-state index contributed by atoms with van der Waals surface area (Å²) in [6, 6.07) is 0. The van der Waals surface area contributed by atoms with Crippen molar-refractivity contribution in [3.63, 3.8) is 0 Å². The predicted octanol–water partition coefficient (Wildman–Crippen LogP) is -10.9. The SMILES string of the molecule is O=P(O)(OC1[C@H](O)[C@H](O)C(O)[C@H](O)[C@H]1O)O[C@@H]1[C@@H](O)[C@H](O)[C@@H](O)[C@H](O)[C@@H]1O[C@@H]1O[C@H](CO)[C@@H](O)[C@H](O)[C@@H]1O[C@@H]1O[C@H](CO)[C@@H](O)[C@H](O)[C@@H]1O. The highest BCUT2D eigenvalue weighted by Gasteiger charge is 2.58. The van der Waals surface area contributed by atoms with Crippen LogP contribution in [0.15, 0.2) is 0 Å². The van der Waals surface area contributed by atoms with E-state index in [4.69, 9.17) is 28.0 Å². The number of rotatable bonds is 10. The maximum Gasteiger partial charge on any atom is 0.473 e. The van der Waals surface area contributed by atoms with E-state index in [2.05, 4.69) is 0 Å².